The lowest BCUT2D eigenvalue weighted by Gasteiger charge is -2.65. The Morgan fingerprint density at radius 2 is 1.18 bits per heavy atom. The van der Waals surface area contributed by atoms with E-state index in [0.29, 0.717) is 78.9 Å². The zero-order valence-corrected chi connectivity index (χ0v) is 37.9. The largest absolute Gasteiger partial charge is 0.378 e. The minimum absolute atomic E-state index is 0.174. The van der Waals surface area contributed by atoms with Gasteiger partial charge in [0.25, 0.3) is 0 Å². The molecule has 0 spiro atoms. The van der Waals surface area contributed by atoms with Gasteiger partial charge in [-0.15, -0.1) is 0 Å². The summed E-state index contributed by atoms with van der Waals surface area (Å²) in [4.78, 5) is 2.86. The number of unbranched alkanes of at least 4 members (excludes halogenated alkanes) is 10. The van der Waals surface area contributed by atoms with E-state index in [0.717, 1.165) is 45.5 Å². The second-order valence-corrected chi connectivity index (χ2v) is 20.0. The molecule has 4 aliphatic rings. The van der Waals surface area contributed by atoms with Crippen LogP contribution in [0.5, 0.6) is 0 Å². The summed E-state index contributed by atoms with van der Waals surface area (Å²) in [6, 6.07) is 0. The van der Waals surface area contributed by atoms with Crippen molar-refractivity contribution < 1.29 is 14.2 Å². The van der Waals surface area contributed by atoms with Gasteiger partial charge in [-0.25, -0.2) is 0 Å². The molecule has 4 fully saturated rings. The summed E-state index contributed by atoms with van der Waals surface area (Å²) in [5, 5.41) is 0. The van der Waals surface area contributed by atoms with Gasteiger partial charge in [0.05, 0.1) is 18.3 Å². The van der Waals surface area contributed by atoms with Gasteiger partial charge in [-0.05, 0) is 170 Å². The van der Waals surface area contributed by atoms with Crippen LogP contribution in [-0.2, 0) is 14.2 Å². The van der Waals surface area contributed by atoms with Gasteiger partial charge in [0.1, 0.15) is 0 Å². The lowest BCUT2D eigenvalue weighted by atomic mass is 9.43. The SMILES string of the molecule is CCCCCCCCN(CCCCCCCC)CCC[C@@H](C)[C@H]1CC[C@H]2C3[C@H](OCCCN)CC4C[C@H](OCCCN)CC[C@]4(C)[C@H]3C[C@H](OCCCN)C12C. The summed E-state index contributed by atoms with van der Waals surface area (Å²) in [6.45, 7) is 21.0. The third-order valence-electron chi connectivity index (χ3n) is 16.3. The Labute approximate surface area is 347 Å². The highest BCUT2D eigenvalue weighted by Crippen LogP contribution is 2.69. The quantitative estimate of drug-likeness (QED) is 0.0600. The van der Waals surface area contributed by atoms with E-state index < -0.39 is 0 Å². The molecule has 0 amide bonds. The van der Waals surface area contributed by atoms with Crippen LogP contribution in [0, 0.1) is 46.3 Å². The van der Waals surface area contributed by atoms with E-state index in [1.165, 1.54) is 148 Å². The van der Waals surface area contributed by atoms with Crippen LogP contribution in [0.3, 0.4) is 0 Å². The van der Waals surface area contributed by atoms with Gasteiger partial charge in [0.15, 0.2) is 0 Å². The monoisotopic (exact) mass is 789 g/mol. The molecule has 4 rings (SSSR count). The van der Waals surface area contributed by atoms with E-state index in [1.54, 1.807) is 0 Å². The Hall–Kier alpha value is -0.280. The molecule has 4 saturated carbocycles. The van der Waals surface area contributed by atoms with Gasteiger partial charge in [-0.1, -0.05) is 98.8 Å². The Bertz CT molecular complexity index is 1000. The van der Waals surface area contributed by atoms with Crippen molar-refractivity contribution in [3.8, 4) is 0 Å². The van der Waals surface area contributed by atoms with Crippen LogP contribution >= 0.6 is 0 Å². The summed E-state index contributed by atoms with van der Waals surface area (Å²) >= 11 is 0. The van der Waals surface area contributed by atoms with E-state index in [2.05, 4.69) is 39.5 Å². The minimum Gasteiger partial charge on any atom is -0.378 e. The highest BCUT2D eigenvalue weighted by molar-refractivity contribution is 5.15. The maximum absolute atomic E-state index is 7.13. The molecule has 6 N–H and O–H groups in total. The maximum Gasteiger partial charge on any atom is 0.0637 e. The van der Waals surface area contributed by atoms with E-state index in [-0.39, 0.29) is 5.41 Å². The fourth-order valence-corrected chi connectivity index (χ4v) is 13.0. The van der Waals surface area contributed by atoms with Crippen molar-refractivity contribution in [2.24, 2.45) is 63.5 Å². The second-order valence-electron chi connectivity index (χ2n) is 20.0. The molecule has 0 bridgehead atoms. The minimum atomic E-state index is 0.174. The zero-order chi connectivity index (χ0) is 40.2. The van der Waals surface area contributed by atoms with Crippen LogP contribution in [0.15, 0.2) is 0 Å². The molecule has 330 valence electrons. The molecule has 0 aromatic rings. The van der Waals surface area contributed by atoms with Crippen molar-refractivity contribution >= 4 is 0 Å². The number of ether oxygens (including phenoxy) is 3. The molecule has 0 aromatic heterocycles. The van der Waals surface area contributed by atoms with Gasteiger partial charge < -0.3 is 36.3 Å². The number of nitrogens with zero attached hydrogens (tertiary/aromatic N) is 1. The Balaban J connectivity index is 1.47. The van der Waals surface area contributed by atoms with Crippen molar-refractivity contribution in [3.05, 3.63) is 0 Å². The van der Waals surface area contributed by atoms with Gasteiger partial charge >= 0.3 is 0 Å². The molecular weight excluding hydrogens is 693 g/mol. The smallest absolute Gasteiger partial charge is 0.0637 e. The first-order valence-electron chi connectivity index (χ1n) is 25.0. The molecule has 0 aliphatic heterocycles. The third kappa shape index (κ3) is 13.4. The van der Waals surface area contributed by atoms with E-state index >= 15 is 0 Å². The predicted octanol–water partition coefficient (Wildman–Crippen LogP) is 10.5. The average Bonchev–Trinajstić information content (AvgIpc) is 3.56. The highest BCUT2D eigenvalue weighted by atomic mass is 16.5. The van der Waals surface area contributed by atoms with Crippen LogP contribution < -0.4 is 17.2 Å². The maximum atomic E-state index is 7.13. The molecule has 0 saturated heterocycles. The number of hydrogen-bond acceptors (Lipinski definition) is 7. The summed E-state index contributed by atoms with van der Waals surface area (Å²) in [5.74, 6) is 3.91. The highest BCUT2D eigenvalue weighted by Gasteiger charge is 2.66. The molecule has 4 aliphatic carbocycles. The molecule has 0 radical (unpaired) electrons. The predicted molar refractivity (Wildman–Crippen MR) is 238 cm³/mol. The second kappa shape index (κ2) is 26.1. The number of fused-ring (bicyclic) bond motifs is 5. The van der Waals surface area contributed by atoms with Crippen LogP contribution in [0.4, 0.5) is 0 Å². The van der Waals surface area contributed by atoms with Crippen LogP contribution in [0.1, 0.15) is 189 Å². The van der Waals surface area contributed by atoms with Crippen LogP contribution in [0.25, 0.3) is 0 Å². The fraction of sp³-hybridized carbons (Fsp3) is 1.00. The van der Waals surface area contributed by atoms with Crippen molar-refractivity contribution in [1.82, 2.24) is 4.90 Å². The molecule has 0 aromatic carbocycles. The fourth-order valence-electron chi connectivity index (χ4n) is 13.0. The molecule has 3 unspecified atom stereocenters. The van der Waals surface area contributed by atoms with E-state index in [9.17, 15) is 0 Å². The van der Waals surface area contributed by atoms with Gasteiger partial charge in [-0.2, -0.15) is 0 Å². The Kier molecular flexibility index (Phi) is 22.6. The van der Waals surface area contributed by atoms with Crippen molar-refractivity contribution in [1.29, 1.82) is 0 Å². The van der Waals surface area contributed by atoms with Crippen molar-refractivity contribution in [3.63, 3.8) is 0 Å². The van der Waals surface area contributed by atoms with Gasteiger partial charge in [-0.3, -0.25) is 0 Å². The van der Waals surface area contributed by atoms with Crippen LogP contribution in [-0.4, -0.2) is 82.3 Å². The molecule has 11 atom stereocenters. The van der Waals surface area contributed by atoms with E-state index in [1.807, 2.05) is 0 Å². The topological polar surface area (TPSA) is 109 Å². The first-order chi connectivity index (χ1) is 27.3. The lowest BCUT2D eigenvalue weighted by Crippen LogP contribution is -2.63. The molecule has 7 heteroatoms. The molecular formula is C49H96N4O3. The molecule has 56 heavy (non-hydrogen) atoms. The van der Waals surface area contributed by atoms with Gasteiger partial charge in [0.2, 0.25) is 0 Å². The van der Waals surface area contributed by atoms with Crippen molar-refractivity contribution in [2.45, 2.75) is 207 Å². The molecule has 0 heterocycles. The number of nitrogens with two attached hydrogens (primary N) is 3. The summed E-state index contributed by atoms with van der Waals surface area (Å²) < 4.78 is 20.6. The summed E-state index contributed by atoms with van der Waals surface area (Å²) in [5.41, 5.74) is 18.4. The number of hydrogen-bond donors (Lipinski definition) is 3. The summed E-state index contributed by atoms with van der Waals surface area (Å²) in [6.07, 6.45) is 31.8. The standard InChI is InChI=1S/C49H96N4O3/c1-6-8-10-12-14-16-30-53(31-17-15-13-11-9-7-2)32-18-22-39(3)42-23-24-43-47-44(38-46(49(42,43)5)56-35-21-29-52)48(4)26-25-41(54-33-19-27-50)36-40(48)37-45(47)55-34-20-28-51/h39-47H,6-38,50-52H2,1-5H3/t39-,40?,41-,42-,43+,44+,45-,46+,47?,48+,49?/m1/s1. The average molecular weight is 789 g/mol. The Morgan fingerprint density at radius 3 is 1.80 bits per heavy atom. The van der Waals surface area contributed by atoms with Crippen molar-refractivity contribution in [2.75, 3.05) is 59.1 Å². The van der Waals surface area contributed by atoms with E-state index in [4.69, 9.17) is 31.4 Å². The normalized spacial score (nSPS) is 33.4. The van der Waals surface area contributed by atoms with Gasteiger partial charge in [0, 0.05) is 25.2 Å². The zero-order valence-electron chi connectivity index (χ0n) is 37.9. The first-order valence-corrected chi connectivity index (χ1v) is 25.0. The summed E-state index contributed by atoms with van der Waals surface area (Å²) in [7, 11) is 0. The first kappa shape index (κ1) is 48.4. The van der Waals surface area contributed by atoms with Crippen LogP contribution in [0.2, 0.25) is 0 Å². The lowest BCUT2D eigenvalue weighted by molar-refractivity contribution is -0.227. The third-order valence-corrected chi connectivity index (χ3v) is 16.3. The number of rotatable bonds is 31. The molecule has 7 nitrogen and oxygen atoms in total. The Morgan fingerprint density at radius 1 is 0.607 bits per heavy atom.